The van der Waals surface area contributed by atoms with E-state index in [9.17, 15) is 8.78 Å². The Hall–Kier alpha value is -2.03. The maximum atomic E-state index is 13.1. The minimum absolute atomic E-state index is 0.333. The molecule has 1 nitrogen and oxygen atoms in total. The van der Waals surface area contributed by atoms with Crippen molar-refractivity contribution in [2.24, 2.45) is 4.99 Å². The molecule has 3 rings (SSSR count). The van der Waals surface area contributed by atoms with E-state index in [2.05, 4.69) is 11.1 Å². The molecule has 0 heterocycles. The zero-order valence-corrected chi connectivity index (χ0v) is 9.66. The highest BCUT2D eigenvalue weighted by molar-refractivity contribution is 6.05. The third-order valence-corrected chi connectivity index (χ3v) is 3.07. The first-order chi connectivity index (χ1) is 8.72. The molecule has 0 saturated heterocycles. The van der Waals surface area contributed by atoms with Crippen molar-refractivity contribution < 1.29 is 8.78 Å². The Balaban J connectivity index is 2.03. The van der Waals surface area contributed by atoms with Crippen LogP contribution >= 0.6 is 0 Å². The molecule has 0 radical (unpaired) electrons. The van der Waals surface area contributed by atoms with Crippen LogP contribution in [0.25, 0.3) is 0 Å². The summed E-state index contributed by atoms with van der Waals surface area (Å²) in [4.78, 5) is 4.36. The second-order valence-electron chi connectivity index (χ2n) is 4.34. The van der Waals surface area contributed by atoms with Gasteiger partial charge in [-0.15, -0.1) is 0 Å². The summed E-state index contributed by atoms with van der Waals surface area (Å²) >= 11 is 0. The highest BCUT2D eigenvalue weighted by Gasteiger charge is 2.16. The summed E-state index contributed by atoms with van der Waals surface area (Å²) in [6.07, 6.45) is 1.75. The van der Waals surface area contributed by atoms with Crippen LogP contribution in [-0.4, -0.2) is 5.71 Å². The minimum Gasteiger partial charge on any atom is -0.253 e. The summed E-state index contributed by atoms with van der Waals surface area (Å²) in [6, 6.07) is 11.3. The second-order valence-corrected chi connectivity index (χ2v) is 4.34. The van der Waals surface area contributed by atoms with E-state index in [1.54, 1.807) is 0 Å². The van der Waals surface area contributed by atoms with E-state index >= 15 is 0 Å². The van der Waals surface area contributed by atoms with Gasteiger partial charge in [-0.3, -0.25) is 4.99 Å². The van der Waals surface area contributed by atoms with Crippen LogP contribution in [0.15, 0.2) is 47.5 Å². The van der Waals surface area contributed by atoms with Gasteiger partial charge in [0.25, 0.3) is 0 Å². The van der Waals surface area contributed by atoms with Gasteiger partial charge in [0, 0.05) is 11.8 Å². The van der Waals surface area contributed by atoms with Crippen molar-refractivity contribution in [3.05, 3.63) is 65.2 Å². The van der Waals surface area contributed by atoms with Crippen LogP contribution in [0.4, 0.5) is 14.5 Å². The van der Waals surface area contributed by atoms with Gasteiger partial charge in [0.05, 0.1) is 5.69 Å². The van der Waals surface area contributed by atoms with E-state index in [1.807, 2.05) is 18.2 Å². The molecule has 0 spiro atoms. The van der Waals surface area contributed by atoms with E-state index in [0.29, 0.717) is 5.69 Å². The van der Waals surface area contributed by atoms with Crippen LogP contribution in [0.5, 0.6) is 0 Å². The number of hydrogen-bond acceptors (Lipinski definition) is 1. The molecule has 0 fully saturated rings. The van der Waals surface area contributed by atoms with Crippen LogP contribution in [-0.2, 0) is 6.42 Å². The predicted molar refractivity (Wildman–Crippen MR) is 67.3 cm³/mol. The smallest absolute Gasteiger partial charge is 0.128 e. The number of halogens is 2. The number of hydrogen-bond donors (Lipinski definition) is 0. The second kappa shape index (κ2) is 4.33. The summed E-state index contributed by atoms with van der Waals surface area (Å²) in [7, 11) is 0. The van der Waals surface area contributed by atoms with Gasteiger partial charge in [-0.1, -0.05) is 24.3 Å². The van der Waals surface area contributed by atoms with Crippen molar-refractivity contribution in [1.82, 2.24) is 0 Å². The Morgan fingerprint density at radius 1 is 0.889 bits per heavy atom. The van der Waals surface area contributed by atoms with Gasteiger partial charge in [-0.05, 0) is 36.1 Å². The Labute approximate surface area is 104 Å². The van der Waals surface area contributed by atoms with E-state index in [4.69, 9.17) is 0 Å². The lowest BCUT2D eigenvalue weighted by Gasteiger charge is -2.01. The molecular formula is C15H11F2N. The Morgan fingerprint density at radius 2 is 1.61 bits per heavy atom. The first-order valence-corrected chi connectivity index (χ1v) is 5.84. The van der Waals surface area contributed by atoms with Gasteiger partial charge < -0.3 is 0 Å². The molecule has 2 aromatic rings. The highest BCUT2D eigenvalue weighted by atomic mass is 19.1. The van der Waals surface area contributed by atoms with Crippen molar-refractivity contribution in [2.45, 2.75) is 12.8 Å². The predicted octanol–water partition coefficient (Wildman–Crippen LogP) is 4.03. The van der Waals surface area contributed by atoms with Crippen LogP contribution < -0.4 is 0 Å². The van der Waals surface area contributed by atoms with Gasteiger partial charge >= 0.3 is 0 Å². The summed E-state index contributed by atoms with van der Waals surface area (Å²) in [5.41, 5.74) is 3.56. The molecule has 0 aromatic heterocycles. The highest BCUT2D eigenvalue weighted by Crippen LogP contribution is 2.25. The van der Waals surface area contributed by atoms with Crippen LogP contribution in [0.2, 0.25) is 0 Å². The molecule has 0 unspecified atom stereocenters. The zero-order chi connectivity index (χ0) is 12.5. The van der Waals surface area contributed by atoms with E-state index in [0.717, 1.165) is 30.2 Å². The van der Waals surface area contributed by atoms with E-state index in [1.165, 1.54) is 17.7 Å². The fraction of sp³-hybridized carbons (Fsp3) is 0.133. The number of rotatable bonds is 1. The van der Waals surface area contributed by atoms with Crippen molar-refractivity contribution >= 4 is 11.4 Å². The van der Waals surface area contributed by atoms with Crippen molar-refractivity contribution in [3.8, 4) is 0 Å². The van der Waals surface area contributed by atoms with Gasteiger partial charge in [-0.25, -0.2) is 8.78 Å². The normalized spacial score (nSPS) is 16.0. The van der Waals surface area contributed by atoms with Crippen LogP contribution in [0.1, 0.15) is 17.5 Å². The summed E-state index contributed by atoms with van der Waals surface area (Å²) < 4.78 is 26.2. The van der Waals surface area contributed by atoms with Crippen molar-refractivity contribution in [1.29, 1.82) is 0 Å². The topological polar surface area (TPSA) is 12.4 Å². The molecule has 0 bridgehead atoms. The minimum atomic E-state index is -0.597. The number of aliphatic imine (C=N–C) groups is 1. The molecule has 90 valence electrons. The van der Waals surface area contributed by atoms with Gasteiger partial charge in [0.15, 0.2) is 0 Å². The summed E-state index contributed by atoms with van der Waals surface area (Å²) in [5.74, 6) is -1.19. The van der Waals surface area contributed by atoms with Gasteiger partial charge in [-0.2, -0.15) is 0 Å². The average Bonchev–Trinajstić information content (AvgIpc) is 2.72. The fourth-order valence-corrected chi connectivity index (χ4v) is 2.28. The number of fused-ring (bicyclic) bond motifs is 1. The molecule has 1 aliphatic rings. The average molecular weight is 243 g/mol. The molecule has 3 heteroatoms. The molecule has 0 atom stereocenters. The molecule has 0 saturated carbocycles. The number of nitrogens with zero attached hydrogens (tertiary/aromatic N) is 1. The summed E-state index contributed by atoms with van der Waals surface area (Å²) in [5, 5.41) is 0. The molecule has 1 aliphatic carbocycles. The monoisotopic (exact) mass is 243 g/mol. The Bertz CT molecular complexity index is 612. The third kappa shape index (κ3) is 2.04. The molecule has 18 heavy (non-hydrogen) atoms. The SMILES string of the molecule is Fc1cc(F)cc(N=C2CCc3ccccc32)c1. The number of benzene rings is 2. The summed E-state index contributed by atoms with van der Waals surface area (Å²) in [6.45, 7) is 0. The maximum Gasteiger partial charge on any atom is 0.128 e. The lowest BCUT2D eigenvalue weighted by atomic mass is 10.1. The van der Waals surface area contributed by atoms with E-state index < -0.39 is 11.6 Å². The molecule has 0 N–H and O–H groups in total. The van der Waals surface area contributed by atoms with E-state index in [-0.39, 0.29) is 0 Å². The first kappa shape index (κ1) is 11.1. The largest absolute Gasteiger partial charge is 0.253 e. The third-order valence-electron chi connectivity index (χ3n) is 3.07. The lowest BCUT2D eigenvalue weighted by molar-refractivity contribution is 0.584. The van der Waals surface area contributed by atoms with Crippen LogP contribution in [0.3, 0.4) is 0 Å². The van der Waals surface area contributed by atoms with Crippen molar-refractivity contribution in [3.63, 3.8) is 0 Å². The number of aryl methyl sites for hydroxylation is 1. The fourth-order valence-electron chi connectivity index (χ4n) is 2.28. The van der Waals surface area contributed by atoms with Crippen molar-refractivity contribution in [2.75, 3.05) is 0 Å². The zero-order valence-electron chi connectivity index (χ0n) is 9.66. The van der Waals surface area contributed by atoms with Crippen LogP contribution in [0, 0.1) is 11.6 Å². The maximum absolute atomic E-state index is 13.1. The van der Waals surface area contributed by atoms with Gasteiger partial charge in [0.1, 0.15) is 11.6 Å². The quantitative estimate of drug-likeness (QED) is 0.717. The Kier molecular flexibility index (Phi) is 2.67. The Morgan fingerprint density at radius 3 is 2.39 bits per heavy atom. The molecular weight excluding hydrogens is 232 g/mol. The molecule has 2 aromatic carbocycles. The van der Waals surface area contributed by atoms with Gasteiger partial charge in [0.2, 0.25) is 0 Å². The first-order valence-electron chi connectivity index (χ1n) is 5.84. The molecule has 0 aliphatic heterocycles. The standard InChI is InChI=1S/C15H11F2N/c16-11-7-12(17)9-13(8-11)18-15-6-5-10-3-1-2-4-14(10)15/h1-4,7-9H,5-6H2. The molecule has 0 amide bonds. The lowest BCUT2D eigenvalue weighted by Crippen LogP contribution is -1.93.